The number of carbonyl (C=O) groups excluding carboxylic acids is 1. The average Bonchev–Trinajstić information content (AvgIpc) is 3.12. The molecule has 0 aliphatic carbocycles. The van der Waals surface area contributed by atoms with Gasteiger partial charge in [0.25, 0.3) is 5.56 Å². The molecule has 8 heteroatoms. The first kappa shape index (κ1) is 19.3. The number of hydrogen-bond donors (Lipinski definition) is 2. The Labute approximate surface area is 167 Å². The van der Waals surface area contributed by atoms with Gasteiger partial charge in [0, 0.05) is 24.3 Å². The number of aromatic amines is 2. The van der Waals surface area contributed by atoms with Crippen LogP contribution in [0.4, 0.5) is 0 Å². The van der Waals surface area contributed by atoms with Crippen LogP contribution in [0.2, 0.25) is 0 Å². The summed E-state index contributed by atoms with van der Waals surface area (Å²) in [6, 6.07) is 5.98. The molecule has 154 valence electrons. The summed E-state index contributed by atoms with van der Waals surface area (Å²) in [4.78, 5) is 42.9. The standard InChI is InChI=1S/C21H25N3O5/c1-13-15(19(26)23-20(27)22-13)9-18(25)24-7-3-6-21(2,11-24)10-14-4-5-16-17(8-14)29-12-28-16/h4-5,8H,3,6-7,9-12H2,1-2H3,(H2,22,23,26,27)/t21-/m0/s1. The molecule has 0 unspecified atom stereocenters. The van der Waals surface area contributed by atoms with Crippen molar-refractivity contribution in [2.75, 3.05) is 19.9 Å². The number of aryl methyl sites for hydroxylation is 1. The van der Waals surface area contributed by atoms with Gasteiger partial charge in [-0.05, 0) is 49.3 Å². The van der Waals surface area contributed by atoms with Crippen LogP contribution in [0.1, 0.15) is 36.6 Å². The minimum Gasteiger partial charge on any atom is -0.454 e. The third-order valence-electron chi connectivity index (χ3n) is 5.78. The van der Waals surface area contributed by atoms with Crippen molar-refractivity contribution in [2.24, 2.45) is 5.41 Å². The van der Waals surface area contributed by atoms with E-state index >= 15 is 0 Å². The topological polar surface area (TPSA) is 104 Å². The number of nitrogens with zero attached hydrogens (tertiary/aromatic N) is 1. The first-order chi connectivity index (χ1) is 13.8. The number of amides is 1. The fourth-order valence-electron chi connectivity index (χ4n) is 4.32. The lowest BCUT2D eigenvalue weighted by atomic mass is 9.76. The van der Waals surface area contributed by atoms with Crippen LogP contribution in [0.3, 0.4) is 0 Å². The number of fused-ring (bicyclic) bond motifs is 1. The molecule has 1 aromatic carbocycles. The van der Waals surface area contributed by atoms with Gasteiger partial charge >= 0.3 is 5.69 Å². The second kappa shape index (κ2) is 7.42. The van der Waals surface area contributed by atoms with Crippen molar-refractivity contribution in [3.8, 4) is 11.5 Å². The third-order valence-corrected chi connectivity index (χ3v) is 5.78. The van der Waals surface area contributed by atoms with Crippen molar-refractivity contribution in [3.63, 3.8) is 0 Å². The Kier molecular flexibility index (Phi) is 4.94. The number of piperidine rings is 1. The van der Waals surface area contributed by atoms with Gasteiger partial charge in [-0.1, -0.05) is 13.0 Å². The molecule has 29 heavy (non-hydrogen) atoms. The highest BCUT2D eigenvalue weighted by molar-refractivity contribution is 5.79. The number of ether oxygens (including phenoxy) is 2. The largest absolute Gasteiger partial charge is 0.454 e. The summed E-state index contributed by atoms with van der Waals surface area (Å²) >= 11 is 0. The van der Waals surface area contributed by atoms with E-state index in [1.807, 2.05) is 23.1 Å². The number of likely N-dealkylation sites (tertiary alicyclic amines) is 1. The van der Waals surface area contributed by atoms with E-state index in [9.17, 15) is 14.4 Å². The summed E-state index contributed by atoms with van der Waals surface area (Å²) in [5, 5.41) is 0. The normalized spacial score (nSPS) is 20.7. The second-order valence-corrected chi connectivity index (χ2v) is 8.28. The Morgan fingerprint density at radius 3 is 2.79 bits per heavy atom. The molecule has 1 amide bonds. The molecule has 1 fully saturated rings. The second-order valence-electron chi connectivity index (χ2n) is 8.28. The van der Waals surface area contributed by atoms with Gasteiger partial charge in [0.05, 0.1) is 6.42 Å². The van der Waals surface area contributed by atoms with Gasteiger partial charge in [0.1, 0.15) is 0 Å². The third kappa shape index (κ3) is 4.06. The molecule has 2 N–H and O–H groups in total. The Balaban J connectivity index is 1.47. The van der Waals surface area contributed by atoms with Crippen LogP contribution >= 0.6 is 0 Å². The molecule has 1 aromatic heterocycles. The predicted molar refractivity (Wildman–Crippen MR) is 106 cm³/mol. The molecular weight excluding hydrogens is 374 g/mol. The SMILES string of the molecule is Cc1[nH]c(=O)[nH]c(=O)c1CC(=O)N1CCC[C@@](C)(Cc2ccc3c(c2)OCO3)C1. The monoisotopic (exact) mass is 399 g/mol. The maximum atomic E-state index is 12.9. The van der Waals surface area contributed by atoms with E-state index in [1.165, 1.54) is 0 Å². The molecule has 1 saturated heterocycles. The minimum atomic E-state index is -0.557. The summed E-state index contributed by atoms with van der Waals surface area (Å²) in [5.74, 6) is 1.44. The Hall–Kier alpha value is -3.03. The van der Waals surface area contributed by atoms with E-state index in [4.69, 9.17) is 9.47 Å². The number of aromatic nitrogens is 2. The maximum absolute atomic E-state index is 12.9. The average molecular weight is 399 g/mol. The van der Waals surface area contributed by atoms with E-state index in [0.717, 1.165) is 36.3 Å². The van der Waals surface area contributed by atoms with E-state index in [2.05, 4.69) is 16.9 Å². The highest BCUT2D eigenvalue weighted by atomic mass is 16.7. The summed E-state index contributed by atoms with van der Waals surface area (Å²) in [6.45, 7) is 5.38. The molecule has 8 nitrogen and oxygen atoms in total. The van der Waals surface area contributed by atoms with Crippen LogP contribution in [0.15, 0.2) is 27.8 Å². The predicted octanol–water partition coefficient (Wildman–Crippen LogP) is 1.51. The smallest absolute Gasteiger partial charge is 0.325 e. The van der Waals surface area contributed by atoms with Gasteiger partial charge in [-0.25, -0.2) is 4.79 Å². The summed E-state index contributed by atoms with van der Waals surface area (Å²) in [7, 11) is 0. The van der Waals surface area contributed by atoms with E-state index in [0.29, 0.717) is 24.3 Å². The van der Waals surface area contributed by atoms with Crippen LogP contribution < -0.4 is 20.7 Å². The van der Waals surface area contributed by atoms with E-state index < -0.39 is 11.2 Å². The summed E-state index contributed by atoms with van der Waals surface area (Å²) < 4.78 is 10.8. The molecule has 2 aliphatic rings. The highest BCUT2D eigenvalue weighted by Gasteiger charge is 2.34. The number of carbonyl (C=O) groups is 1. The lowest BCUT2D eigenvalue weighted by Crippen LogP contribution is -2.46. The highest BCUT2D eigenvalue weighted by Crippen LogP contribution is 2.37. The molecule has 0 radical (unpaired) electrons. The van der Waals surface area contributed by atoms with E-state index in [-0.39, 0.29) is 24.5 Å². The number of hydrogen-bond acceptors (Lipinski definition) is 5. The van der Waals surface area contributed by atoms with Crippen molar-refractivity contribution in [1.29, 1.82) is 0 Å². The molecule has 2 aromatic rings. The first-order valence-electron chi connectivity index (χ1n) is 9.81. The van der Waals surface area contributed by atoms with Crippen molar-refractivity contribution >= 4 is 5.91 Å². The molecule has 1 atom stereocenters. The molecule has 3 heterocycles. The van der Waals surface area contributed by atoms with Crippen LogP contribution in [-0.2, 0) is 17.6 Å². The first-order valence-corrected chi connectivity index (χ1v) is 9.81. The van der Waals surface area contributed by atoms with Crippen molar-refractivity contribution in [1.82, 2.24) is 14.9 Å². The quantitative estimate of drug-likeness (QED) is 0.811. The molecule has 0 bridgehead atoms. The summed E-state index contributed by atoms with van der Waals surface area (Å²) in [6.07, 6.45) is 2.74. The van der Waals surface area contributed by atoms with Gasteiger partial charge in [0.15, 0.2) is 11.5 Å². The Morgan fingerprint density at radius 1 is 1.21 bits per heavy atom. The molecule has 4 rings (SSSR count). The maximum Gasteiger partial charge on any atom is 0.325 e. The molecule has 0 spiro atoms. The Morgan fingerprint density at radius 2 is 2.00 bits per heavy atom. The van der Waals surface area contributed by atoms with Gasteiger partial charge in [-0.3, -0.25) is 14.6 Å². The van der Waals surface area contributed by atoms with Gasteiger partial charge in [-0.15, -0.1) is 0 Å². The van der Waals surface area contributed by atoms with Crippen molar-refractivity contribution in [3.05, 3.63) is 55.9 Å². The number of nitrogens with one attached hydrogen (secondary N) is 2. The number of H-pyrrole nitrogens is 2. The van der Waals surface area contributed by atoms with Gasteiger partial charge in [0.2, 0.25) is 12.7 Å². The van der Waals surface area contributed by atoms with Crippen LogP contribution in [0.5, 0.6) is 11.5 Å². The summed E-state index contributed by atoms with van der Waals surface area (Å²) in [5.41, 5.74) is 0.787. The zero-order valence-electron chi connectivity index (χ0n) is 16.7. The molecule has 2 aliphatic heterocycles. The van der Waals surface area contributed by atoms with Crippen LogP contribution in [0, 0.1) is 12.3 Å². The number of benzene rings is 1. The van der Waals surface area contributed by atoms with E-state index in [1.54, 1.807) is 6.92 Å². The lowest BCUT2D eigenvalue weighted by molar-refractivity contribution is -0.133. The minimum absolute atomic E-state index is 0.0158. The van der Waals surface area contributed by atoms with Gasteiger partial charge < -0.3 is 19.4 Å². The Bertz CT molecular complexity index is 1060. The van der Waals surface area contributed by atoms with Crippen molar-refractivity contribution in [2.45, 2.75) is 39.5 Å². The lowest BCUT2D eigenvalue weighted by Gasteiger charge is -2.41. The zero-order chi connectivity index (χ0) is 20.6. The van der Waals surface area contributed by atoms with Crippen LogP contribution in [-0.4, -0.2) is 40.7 Å². The zero-order valence-corrected chi connectivity index (χ0v) is 16.7. The van der Waals surface area contributed by atoms with Crippen LogP contribution in [0.25, 0.3) is 0 Å². The fourth-order valence-corrected chi connectivity index (χ4v) is 4.32. The molecule has 0 saturated carbocycles. The molecular formula is C21H25N3O5. The van der Waals surface area contributed by atoms with Crippen molar-refractivity contribution < 1.29 is 14.3 Å². The number of rotatable bonds is 4. The fraction of sp³-hybridized carbons (Fsp3) is 0.476. The van der Waals surface area contributed by atoms with Gasteiger partial charge in [-0.2, -0.15) is 0 Å².